The molecule has 26 heavy (non-hydrogen) atoms. The van der Waals surface area contributed by atoms with Gasteiger partial charge in [0.25, 0.3) is 0 Å². The molecule has 0 saturated carbocycles. The lowest BCUT2D eigenvalue weighted by molar-refractivity contribution is -0.191. The first-order valence-corrected chi connectivity index (χ1v) is 8.02. The summed E-state index contributed by atoms with van der Waals surface area (Å²) in [5.74, 6) is -3.40. The van der Waals surface area contributed by atoms with Crippen molar-refractivity contribution in [2.24, 2.45) is 5.92 Å². The highest BCUT2D eigenvalue weighted by atomic mass is 16.7. The largest absolute Gasteiger partial charge is 0.458 e. The van der Waals surface area contributed by atoms with E-state index < -0.39 is 42.0 Å². The van der Waals surface area contributed by atoms with Gasteiger partial charge in [-0.05, 0) is 20.3 Å². The van der Waals surface area contributed by atoms with Crippen molar-refractivity contribution in [3.05, 3.63) is 37.0 Å². The summed E-state index contributed by atoms with van der Waals surface area (Å²) < 4.78 is 20.6. The Morgan fingerprint density at radius 1 is 1.00 bits per heavy atom. The summed E-state index contributed by atoms with van der Waals surface area (Å²) >= 11 is 0. The Morgan fingerprint density at radius 2 is 1.54 bits per heavy atom. The van der Waals surface area contributed by atoms with Crippen LogP contribution in [0.3, 0.4) is 0 Å². The standard InChI is InChI=1S/C18H20O8/c1-9(2)16(21)23-11-5-6-12-13(24-17(22)10(3)4)8-15(20)26-18(12)25-14(19)7-11/h5,11-13H,1,3,6-8H2,2,4H3. The second-order valence-corrected chi connectivity index (χ2v) is 6.20. The van der Waals surface area contributed by atoms with Crippen molar-refractivity contribution < 1.29 is 38.1 Å². The fraction of sp³-hybridized carbons (Fsp3) is 0.444. The van der Waals surface area contributed by atoms with Gasteiger partial charge < -0.3 is 18.9 Å². The highest BCUT2D eigenvalue weighted by molar-refractivity contribution is 5.88. The van der Waals surface area contributed by atoms with Crippen LogP contribution in [-0.2, 0) is 38.1 Å². The zero-order chi connectivity index (χ0) is 19.4. The van der Waals surface area contributed by atoms with E-state index in [-0.39, 0.29) is 36.7 Å². The number of hydrogen-bond acceptors (Lipinski definition) is 8. The predicted molar refractivity (Wildman–Crippen MR) is 86.5 cm³/mol. The van der Waals surface area contributed by atoms with Crippen molar-refractivity contribution in [1.82, 2.24) is 0 Å². The molecule has 140 valence electrons. The molecule has 0 spiro atoms. The van der Waals surface area contributed by atoms with Gasteiger partial charge in [-0.25, -0.2) is 9.59 Å². The van der Waals surface area contributed by atoms with Gasteiger partial charge in [0, 0.05) is 17.6 Å². The first-order valence-electron chi connectivity index (χ1n) is 8.02. The minimum atomic E-state index is -0.880. The fourth-order valence-electron chi connectivity index (χ4n) is 2.42. The average molecular weight is 364 g/mol. The first kappa shape index (κ1) is 19.7. The summed E-state index contributed by atoms with van der Waals surface area (Å²) in [6.07, 6.45) is -0.548. The number of esters is 4. The molecule has 2 aliphatic heterocycles. The Kier molecular flexibility index (Phi) is 6.18. The number of carbonyl (C=O) groups excluding carboxylic acids is 4. The molecule has 3 unspecified atom stereocenters. The summed E-state index contributed by atoms with van der Waals surface area (Å²) in [6.45, 7) is 9.95. The normalized spacial score (nSPS) is 26.3. The fourth-order valence-corrected chi connectivity index (χ4v) is 2.42. The molecular formula is C18H20O8. The number of fused-ring (bicyclic) bond motifs is 1. The molecule has 0 aromatic heterocycles. The van der Waals surface area contributed by atoms with Crippen LogP contribution in [-0.4, -0.2) is 36.1 Å². The minimum Gasteiger partial charge on any atom is -0.458 e. The molecule has 0 aromatic rings. The van der Waals surface area contributed by atoms with Crippen LogP contribution < -0.4 is 0 Å². The number of ether oxygens (including phenoxy) is 4. The van der Waals surface area contributed by atoms with E-state index in [0.717, 1.165) is 0 Å². The highest BCUT2D eigenvalue weighted by Gasteiger charge is 2.47. The van der Waals surface area contributed by atoms with Crippen molar-refractivity contribution in [3.8, 4) is 0 Å². The smallest absolute Gasteiger partial charge is 0.341 e. The molecule has 0 aromatic carbocycles. The zero-order valence-corrected chi connectivity index (χ0v) is 14.6. The van der Waals surface area contributed by atoms with Crippen molar-refractivity contribution in [1.29, 1.82) is 0 Å². The lowest BCUT2D eigenvalue weighted by Crippen LogP contribution is -2.44. The summed E-state index contributed by atoms with van der Waals surface area (Å²) in [4.78, 5) is 47.2. The van der Waals surface area contributed by atoms with E-state index in [2.05, 4.69) is 13.2 Å². The number of rotatable bonds is 4. The lowest BCUT2D eigenvalue weighted by Gasteiger charge is -2.36. The van der Waals surface area contributed by atoms with Gasteiger partial charge in [-0.2, -0.15) is 0 Å². The van der Waals surface area contributed by atoms with Gasteiger partial charge in [-0.1, -0.05) is 13.2 Å². The van der Waals surface area contributed by atoms with Crippen LogP contribution in [0.1, 0.15) is 33.1 Å². The third kappa shape index (κ3) is 4.93. The molecule has 0 aliphatic carbocycles. The van der Waals surface area contributed by atoms with Crippen LogP contribution in [0.5, 0.6) is 0 Å². The van der Waals surface area contributed by atoms with Crippen molar-refractivity contribution in [2.75, 3.05) is 0 Å². The third-order valence-corrected chi connectivity index (χ3v) is 3.78. The maximum Gasteiger partial charge on any atom is 0.341 e. The second-order valence-electron chi connectivity index (χ2n) is 6.20. The van der Waals surface area contributed by atoms with Crippen LogP contribution >= 0.6 is 0 Å². The molecule has 2 saturated heterocycles. The maximum absolute atomic E-state index is 12.0. The lowest BCUT2D eigenvalue weighted by atomic mass is 9.89. The molecule has 0 N–H and O–H groups in total. The first-order chi connectivity index (χ1) is 12.2. The van der Waals surface area contributed by atoms with E-state index >= 15 is 0 Å². The Balaban J connectivity index is 2.13. The van der Waals surface area contributed by atoms with E-state index in [1.54, 1.807) is 6.42 Å². The van der Waals surface area contributed by atoms with Crippen LogP contribution in [0.15, 0.2) is 24.3 Å². The number of hydrogen-bond donors (Lipinski definition) is 0. The summed E-state index contributed by atoms with van der Waals surface area (Å²) in [7, 11) is 0. The predicted octanol–water partition coefficient (Wildman–Crippen LogP) is 1.56. The van der Waals surface area contributed by atoms with Crippen LogP contribution in [0.2, 0.25) is 0 Å². The van der Waals surface area contributed by atoms with E-state index in [0.29, 0.717) is 0 Å². The molecular weight excluding hydrogens is 344 g/mol. The van der Waals surface area contributed by atoms with Crippen LogP contribution in [0.4, 0.5) is 0 Å². The molecule has 8 heteroatoms. The Labute approximate surface area is 151 Å². The average Bonchev–Trinajstić information content (AvgIpc) is 2.51. The molecule has 2 aliphatic rings. The van der Waals surface area contributed by atoms with E-state index in [4.69, 9.17) is 18.9 Å². The van der Waals surface area contributed by atoms with Crippen molar-refractivity contribution >= 4 is 23.9 Å². The van der Waals surface area contributed by atoms with Gasteiger partial charge in [0.1, 0.15) is 12.2 Å². The molecule has 0 amide bonds. The molecule has 2 radical (unpaired) electrons. The molecule has 0 bridgehead atoms. The van der Waals surface area contributed by atoms with E-state index in [1.807, 2.05) is 0 Å². The van der Waals surface area contributed by atoms with Crippen LogP contribution in [0.25, 0.3) is 0 Å². The minimum absolute atomic E-state index is 0.172. The van der Waals surface area contributed by atoms with E-state index in [9.17, 15) is 19.2 Å². The summed E-state index contributed by atoms with van der Waals surface area (Å²) in [5.41, 5.74) is 0.367. The summed E-state index contributed by atoms with van der Waals surface area (Å²) in [5, 5.41) is 0. The van der Waals surface area contributed by atoms with Gasteiger partial charge in [-0.3, -0.25) is 9.59 Å². The SMILES string of the molecule is C=C(C)C(=O)OC1[CH]CC2[C](OC(=O)C1)OC(=O)CC2OC(=O)C(=C)C. The van der Waals surface area contributed by atoms with Crippen molar-refractivity contribution in [3.63, 3.8) is 0 Å². The zero-order valence-electron chi connectivity index (χ0n) is 14.6. The molecule has 3 atom stereocenters. The van der Waals surface area contributed by atoms with Gasteiger partial charge in [-0.15, -0.1) is 0 Å². The molecule has 8 nitrogen and oxygen atoms in total. The third-order valence-electron chi connectivity index (χ3n) is 3.78. The highest BCUT2D eigenvalue weighted by Crippen LogP contribution is 2.37. The Morgan fingerprint density at radius 3 is 2.12 bits per heavy atom. The van der Waals surface area contributed by atoms with Crippen LogP contribution in [0, 0.1) is 18.6 Å². The van der Waals surface area contributed by atoms with Gasteiger partial charge in [0.05, 0.1) is 18.8 Å². The Bertz CT molecular complexity index is 650. The second kappa shape index (κ2) is 8.16. The van der Waals surface area contributed by atoms with Gasteiger partial charge >= 0.3 is 30.2 Å². The quantitative estimate of drug-likeness (QED) is 0.420. The summed E-state index contributed by atoms with van der Waals surface area (Å²) in [6, 6.07) is 0. The van der Waals surface area contributed by atoms with Gasteiger partial charge in [0.2, 0.25) is 0 Å². The molecule has 2 rings (SSSR count). The molecule has 2 heterocycles. The molecule has 2 fully saturated rings. The monoisotopic (exact) mass is 364 g/mol. The maximum atomic E-state index is 12.0. The van der Waals surface area contributed by atoms with Crippen molar-refractivity contribution in [2.45, 2.75) is 45.3 Å². The topological polar surface area (TPSA) is 105 Å². The van der Waals surface area contributed by atoms with Gasteiger partial charge in [0.15, 0.2) is 0 Å². The Hall–Kier alpha value is -2.64. The van der Waals surface area contributed by atoms with E-state index in [1.165, 1.54) is 13.8 Å². The number of carbonyl (C=O) groups is 4.